The standard InChI is InChI=1S/C25H32N4O5/c1-33-21-5-3-4-17(12-21)14-27-24(31)22-13-20(30)16-29(22)19-8-10-28(11-9-19)25(32)18-6-7-23(34-2)26-15-18/h3-7,12,15,19-20,22,30H,8-11,13-14,16H2,1-2H3,(H,27,31)/t20-,22+/m1/s1. The number of pyridine rings is 1. The minimum Gasteiger partial charge on any atom is -0.497 e. The van der Waals surface area contributed by atoms with Crippen LogP contribution in [0, 0.1) is 0 Å². The topological polar surface area (TPSA) is 104 Å². The maximum Gasteiger partial charge on any atom is 0.255 e. The van der Waals surface area contributed by atoms with Gasteiger partial charge >= 0.3 is 0 Å². The molecule has 2 N–H and O–H groups in total. The highest BCUT2D eigenvalue weighted by atomic mass is 16.5. The van der Waals surface area contributed by atoms with Crippen molar-refractivity contribution in [2.45, 2.75) is 44.0 Å². The molecule has 1 aromatic carbocycles. The maximum absolute atomic E-state index is 13.0. The van der Waals surface area contributed by atoms with E-state index in [1.165, 1.54) is 13.3 Å². The number of nitrogens with zero attached hydrogens (tertiary/aromatic N) is 3. The van der Waals surface area contributed by atoms with E-state index in [-0.39, 0.29) is 23.9 Å². The fourth-order valence-electron chi connectivity index (χ4n) is 4.80. The number of benzene rings is 1. The minimum absolute atomic E-state index is 0.0531. The van der Waals surface area contributed by atoms with Crippen LogP contribution in [0.3, 0.4) is 0 Å². The van der Waals surface area contributed by atoms with Crippen LogP contribution in [0.5, 0.6) is 11.6 Å². The number of hydrogen-bond donors (Lipinski definition) is 2. The summed E-state index contributed by atoms with van der Waals surface area (Å²) in [4.78, 5) is 33.9. The normalized spacial score (nSPS) is 21.3. The van der Waals surface area contributed by atoms with Gasteiger partial charge in [0, 0.05) is 44.5 Å². The van der Waals surface area contributed by atoms with Crippen molar-refractivity contribution in [1.82, 2.24) is 20.1 Å². The van der Waals surface area contributed by atoms with Crippen LogP contribution in [0.15, 0.2) is 42.6 Å². The lowest BCUT2D eigenvalue weighted by molar-refractivity contribution is -0.126. The first-order chi connectivity index (χ1) is 16.5. The molecule has 0 spiro atoms. The highest BCUT2D eigenvalue weighted by Crippen LogP contribution is 2.27. The first-order valence-corrected chi connectivity index (χ1v) is 11.6. The number of methoxy groups -OCH3 is 2. The van der Waals surface area contributed by atoms with Crippen molar-refractivity contribution >= 4 is 11.8 Å². The largest absolute Gasteiger partial charge is 0.497 e. The van der Waals surface area contributed by atoms with Crippen molar-refractivity contribution in [3.63, 3.8) is 0 Å². The van der Waals surface area contributed by atoms with Gasteiger partial charge in [-0.05, 0) is 43.0 Å². The third kappa shape index (κ3) is 5.48. The van der Waals surface area contributed by atoms with Crippen LogP contribution in [0.2, 0.25) is 0 Å². The van der Waals surface area contributed by atoms with Crippen LogP contribution < -0.4 is 14.8 Å². The van der Waals surface area contributed by atoms with E-state index in [9.17, 15) is 14.7 Å². The summed E-state index contributed by atoms with van der Waals surface area (Å²) in [5.74, 6) is 1.08. The number of β-amino-alcohol motifs (C(OH)–C–C–N with tert-alkyl or cyclic N) is 1. The van der Waals surface area contributed by atoms with Gasteiger partial charge in [0.1, 0.15) is 5.75 Å². The van der Waals surface area contributed by atoms with E-state index in [1.54, 1.807) is 19.2 Å². The number of likely N-dealkylation sites (tertiary alicyclic amines) is 2. The molecular formula is C25H32N4O5. The Labute approximate surface area is 199 Å². The number of ether oxygens (including phenoxy) is 2. The molecule has 0 bridgehead atoms. The molecule has 3 heterocycles. The fourth-order valence-corrected chi connectivity index (χ4v) is 4.80. The summed E-state index contributed by atoms with van der Waals surface area (Å²) >= 11 is 0. The Bertz CT molecular complexity index is 991. The number of carbonyl (C=O) groups is 2. The number of carbonyl (C=O) groups excluding carboxylic acids is 2. The Morgan fingerprint density at radius 2 is 1.94 bits per heavy atom. The number of aromatic nitrogens is 1. The Morgan fingerprint density at radius 1 is 1.15 bits per heavy atom. The molecule has 182 valence electrons. The van der Waals surface area contributed by atoms with E-state index in [0.29, 0.717) is 44.0 Å². The molecule has 0 aliphatic carbocycles. The summed E-state index contributed by atoms with van der Waals surface area (Å²) in [5.41, 5.74) is 1.49. The van der Waals surface area contributed by atoms with Crippen LogP contribution in [-0.2, 0) is 11.3 Å². The fraction of sp³-hybridized carbons (Fsp3) is 0.480. The van der Waals surface area contributed by atoms with Crippen LogP contribution in [-0.4, -0.2) is 83.7 Å². The Balaban J connectivity index is 1.32. The van der Waals surface area contributed by atoms with Gasteiger partial charge in [-0.2, -0.15) is 0 Å². The number of nitrogens with one attached hydrogen (secondary N) is 1. The van der Waals surface area contributed by atoms with Gasteiger partial charge in [0.25, 0.3) is 5.91 Å². The smallest absolute Gasteiger partial charge is 0.255 e. The van der Waals surface area contributed by atoms with Gasteiger partial charge in [-0.25, -0.2) is 4.98 Å². The maximum atomic E-state index is 13.0. The van der Waals surface area contributed by atoms with Gasteiger partial charge in [-0.15, -0.1) is 0 Å². The van der Waals surface area contributed by atoms with Crippen molar-refractivity contribution in [2.75, 3.05) is 33.9 Å². The molecule has 2 fully saturated rings. The number of piperidine rings is 1. The van der Waals surface area contributed by atoms with Gasteiger partial charge in [0.2, 0.25) is 11.8 Å². The third-order valence-corrected chi connectivity index (χ3v) is 6.63. The van der Waals surface area contributed by atoms with E-state index in [4.69, 9.17) is 9.47 Å². The number of aliphatic hydroxyl groups is 1. The zero-order chi connectivity index (χ0) is 24.1. The quantitative estimate of drug-likeness (QED) is 0.634. The van der Waals surface area contributed by atoms with E-state index in [1.807, 2.05) is 29.2 Å². The van der Waals surface area contributed by atoms with E-state index in [2.05, 4.69) is 15.2 Å². The van der Waals surface area contributed by atoms with Crippen LogP contribution >= 0.6 is 0 Å². The number of amides is 2. The molecular weight excluding hydrogens is 436 g/mol. The second kappa shape index (κ2) is 10.8. The molecule has 2 aromatic rings. The molecule has 2 amide bonds. The SMILES string of the molecule is COc1cccc(CNC(=O)[C@@H]2C[C@@H](O)CN2C2CCN(C(=O)c3ccc(OC)nc3)CC2)c1. The molecule has 4 rings (SSSR count). The molecule has 0 unspecified atom stereocenters. The van der Waals surface area contributed by atoms with E-state index in [0.717, 1.165) is 24.2 Å². The molecule has 1 aromatic heterocycles. The van der Waals surface area contributed by atoms with Crippen molar-refractivity contribution in [3.05, 3.63) is 53.7 Å². The lowest BCUT2D eigenvalue weighted by atomic mass is 10.0. The van der Waals surface area contributed by atoms with Gasteiger partial charge in [-0.1, -0.05) is 12.1 Å². The molecule has 2 saturated heterocycles. The molecule has 34 heavy (non-hydrogen) atoms. The van der Waals surface area contributed by atoms with Crippen molar-refractivity contribution in [3.8, 4) is 11.6 Å². The second-order valence-electron chi connectivity index (χ2n) is 8.78. The second-order valence-corrected chi connectivity index (χ2v) is 8.78. The summed E-state index contributed by atoms with van der Waals surface area (Å²) in [5, 5.41) is 13.3. The first-order valence-electron chi connectivity index (χ1n) is 11.6. The molecule has 2 atom stereocenters. The van der Waals surface area contributed by atoms with Crippen molar-refractivity contribution in [1.29, 1.82) is 0 Å². The number of rotatable bonds is 7. The predicted molar refractivity (Wildman–Crippen MR) is 126 cm³/mol. The third-order valence-electron chi connectivity index (χ3n) is 6.63. The molecule has 2 aliphatic rings. The average molecular weight is 469 g/mol. The van der Waals surface area contributed by atoms with Gasteiger partial charge in [0.15, 0.2) is 0 Å². The van der Waals surface area contributed by atoms with E-state index < -0.39 is 6.10 Å². The van der Waals surface area contributed by atoms with Crippen LogP contribution in [0.4, 0.5) is 0 Å². The molecule has 2 aliphatic heterocycles. The summed E-state index contributed by atoms with van der Waals surface area (Å²) in [7, 11) is 3.15. The first kappa shape index (κ1) is 24.0. The highest BCUT2D eigenvalue weighted by molar-refractivity contribution is 5.94. The zero-order valence-electron chi connectivity index (χ0n) is 19.6. The lowest BCUT2D eigenvalue weighted by Crippen LogP contribution is -2.52. The Morgan fingerprint density at radius 3 is 2.62 bits per heavy atom. The van der Waals surface area contributed by atoms with Crippen molar-refractivity contribution in [2.24, 2.45) is 0 Å². The zero-order valence-corrected chi connectivity index (χ0v) is 19.6. The van der Waals surface area contributed by atoms with Gasteiger partial charge < -0.3 is 24.8 Å². The highest BCUT2D eigenvalue weighted by Gasteiger charge is 2.41. The summed E-state index contributed by atoms with van der Waals surface area (Å²) in [6.45, 7) is 2.07. The number of hydrogen-bond acceptors (Lipinski definition) is 7. The van der Waals surface area contributed by atoms with Crippen LogP contribution in [0.25, 0.3) is 0 Å². The molecule has 0 saturated carbocycles. The van der Waals surface area contributed by atoms with Crippen LogP contribution in [0.1, 0.15) is 35.2 Å². The summed E-state index contributed by atoms with van der Waals surface area (Å²) in [6.07, 6.45) is 2.93. The Hall–Kier alpha value is -3.17. The molecule has 9 nitrogen and oxygen atoms in total. The summed E-state index contributed by atoms with van der Waals surface area (Å²) < 4.78 is 10.3. The lowest BCUT2D eigenvalue weighted by Gasteiger charge is -2.38. The average Bonchev–Trinajstić information content (AvgIpc) is 3.28. The molecule has 9 heteroatoms. The monoisotopic (exact) mass is 468 g/mol. The minimum atomic E-state index is -0.530. The van der Waals surface area contributed by atoms with E-state index >= 15 is 0 Å². The number of aliphatic hydroxyl groups excluding tert-OH is 1. The predicted octanol–water partition coefficient (Wildman–Crippen LogP) is 1.46. The van der Waals surface area contributed by atoms with Gasteiger partial charge in [-0.3, -0.25) is 14.5 Å². The Kier molecular flexibility index (Phi) is 7.64. The van der Waals surface area contributed by atoms with Gasteiger partial charge in [0.05, 0.1) is 31.9 Å². The van der Waals surface area contributed by atoms with Crippen molar-refractivity contribution < 1.29 is 24.2 Å². The summed E-state index contributed by atoms with van der Waals surface area (Å²) in [6, 6.07) is 10.8. The molecule has 0 radical (unpaired) electrons.